The standard InChI is InChI=1S/C20H25NO3/c1-12-6-5-7-13(2)18(12)24-9-8-21-19(22)16-10-14(3)15(4)11-17(16)20(21)23/h5-7,16-17H,8-11H2,1-4H3. The fourth-order valence-corrected chi connectivity index (χ4v) is 3.81. The van der Waals surface area contributed by atoms with Crippen molar-refractivity contribution in [3.05, 3.63) is 40.5 Å². The molecule has 2 aliphatic rings. The predicted molar refractivity (Wildman–Crippen MR) is 92.7 cm³/mol. The summed E-state index contributed by atoms with van der Waals surface area (Å²) in [5, 5.41) is 0. The molecule has 4 heteroatoms. The number of carbonyl (C=O) groups excluding carboxylic acids is 2. The SMILES string of the molecule is CC1=C(C)CC2C(=O)N(CCOc3c(C)cccc3C)C(=O)C2C1. The van der Waals surface area contributed by atoms with E-state index in [0.717, 1.165) is 29.7 Å². The van der Waals surface area contributed by atoms with E-state index in [1.165, 1.54) is 16.0 Å². The maximum absolute atomic E-state index is 12.6. The van der Waals surface area contributed by atoms with Crippen LogP contribution in [0.4, 0.5) is 0 Å². The number of para-hydroxylation sites is 1. The normalized spacial score (nSPS) is 23.8. The Morgan fingerprint density at radius 1 is 0.958 bits per heavy atom. The molecule has 1 heterocycles. The van der Waals surface area contributed by atoms with Gasteiger partial charge in [-0.05, 0) is 51.7 Å². The minimum atomic E-state index is -0.165. The molecular formula is C20H25NO3. The zero-order valence-corrected chi connectivity index (χ0v) is 14.9. The van der Waals surface area contributed by atoms with Crippen molar-refractivity contribution in [2.45, 2.75) is 40.5 Å². The zero-order valence-electron chi connectivity index (χ0n) is 14.9. The van der Waals surface area contributed by atoms with E-state index in [9.17, 15) is 9.59 Å². The molecule has 0 aromatic heterocycles. The molecule has 1 aromatic rings. The van der Waals surface area contributed by atoms with Crippen LogP contribution in [-0.2, 0) is 9.59 Å². The van der Waals surface area contributed by atoms with Gasteiger partial charge in [0.15, 0.2) is 0 Å². The van der Waals surface area contributed by atoms with Crippen LogP contribution in [-0.4, -0.2) is 29.9 Å². The smallest absolute Gasteiger partial charge is 0.233 e. The first-order chi connectivity index (χ1) is 11.4. The summed E-state index contributed by atoms with van der Waals surface area (Å²) in [6.07, 6.45) is 1.44. The first-order valence-corrected chi connectivity index (χ1v) is 8.59. The number of fused-ring (bicyclic) bond motifs is 1. The lowest BCUT2D eigenvalue weighted by molar-refractivity contribution is -0.140. The van der Waals surface area contributed by atoms with Gasteiger partial charge in [0.25, 0.3) is 0 Å². The van der Waals surface area contributed by atoms with Crippen molar-refractivity contribution in [1.29, 1.82) is 0 Å². The zero-order chi connectivity index (χ0) is 17.4. The summed E-state index contributed by atoms with van der Waals surface area (Å²) in [5.74, 6) is 0.467. The van der Waals surface area contributed by atoms with Crippen LogP contribution in [0.5, 0.6) is 5.75 Å². The topological polar surface area (TPSA) is 46.6 Å². The average Bonchev–Trinajstić information content (AvgIpc) is 2.75. The van der Waals surface area contributed by atoms with Gasteiger partial charge in [-0.1, -0.05) is 29.3 Å². The fraction of sp³-hybridized carbons (Fsp3) is 0.500. The van der Waals surface area contributed by atoms with E-state index in [1.807, 2.05) is 32.0 Å². The first-order valence-electron chi connectivity index (χ1n) is 8.59. The van der Waals surface area contributed by atoms with Crippen LogP contribution in [0.15, 0.2) is 29.3 Å². The monoisotopic (exact) mass is 327 g/mol. The van der Waals surface area contributed by atoms with Crippen molar-refractivity contribution in [1.82, 2.24) is 4.90 Å². The summed E-state index contributed by atoms with van der Waals surface area (Å²) in [7, 11) is 0. The minimum Gasteiger partial charge on any atom is -0.491 e. The summed E-state index contributed by atoms with van der Waals surface area (Å²) in [5.41, 5.74) is 4.65. The maximum Gasteiger partial charge on any atom is 0.233 e. The van der Waals surface area contributed by atoms with E-state index in [2.05, 4.69) is 13.8 Å². The molecule has 4 nitrogen and oxygen atoms in total. The quantitative estimate of drug-likeness (QED) is 0.629. The summed E-state index contributed by atoms with van der Waals surface area (Å²) in [4.78, 5) is 26.6. The predicted octanol–water partition coefficient (Wildman–Crippen LogP) is 3.41. The van der Waals surface area contributed by atoms with E-state index < -0.39 is 0 Å². The van der Waals surface area contributed by atoms with Gasteiger partial charge in [-0.2, -0.15) is 0 Å². The number of benzene rings is 1. The van der Waals surface area contributed by atoms with Crippen molar-refractivity contribution < 1.29 is 14.3 Å². The molecule has 0 spiro atoms. The molecule has 0 N–H and O–H groups in total. The Hall–Kier alpha value is -2.10. The molecule has 1 aromatic carbocycles. The number of imide groups is 1. The van der Waals surface area contributed by atoms with E-state index in [4.69, 9.17) is 4.74 Å². The van der Waals surface area contributed by atoms with Crippen LogP contribution in [0.2, 0.25) is 0 Å². The van der Waals surface area contributed by atoms with Gasteiger partial charge in [0, 0.05) is 0 Å². The molecule has 1 aliphatic carbocycles. The second kappa shape index (κ2) is 6.42. The minimum absolute atomic E-state index is 0.0260. The largest absolute Gasteiger partial charge is 0.491 e. The number of amides is 2. The van der Waals surface area contributed by atoms with Crippen molar-refractivity contribution in [2.24, 2.45) is 11.8 Å². The summed E-state index contributed by atoms with van der Waals surface area (Å²) in [6, 6.07) is 5.99. The van der Waals surface area contributed by atoms with Crippen LogP contribution in [0.3, 0.4) is 0 Å². The summed E-state index contributed by atoms with van der Waals surface area (Å²) < 4.78 is 5.87. The van der Waals surface area contributed by atoms with Gasteiger partial charge in [-0.3, -0.25) is 14.5 Å². The Labute approximate surface area is 143 Å². The Kier molecular flexibility index (Phi) is 4.48. The number of nitrogens with zero attached hydrogens (tertiary/aromatic N) is 1. The summed E-state index contributed by atoms with van der Waals surface area (Å²) >= 11 is 0. The molecule has 3 rings (SSSR count). The van der Waals surface area contributed by atoms with Crippen LogP contribution in [0.25, 0.3) is 0 Å². The van der Waals surface area contributed by atoms with E-state index in [0.29, 0.717) is 13.2 Å². The second-order valence-electron chi connectivity index (χ2n) is 7.08. The van der Waals surface area contributed by atoms with Crippen molar-refractivity contribution in [2.75, 3.05) is 13.2 Å². The molecule has 128 valence electrons. The third-order valence-electron chi connectivity index (χ3n) is 5.40. The Balaban J connectivity index is 1.65. The van der Waals surface area contributed by atoms with Gasteiger partial charge in [0.1, 0.15) is 12.4 Å². The Bertz CT molecular complexity index is 667. The number of likely N-dealkylation sites (tertiary alicyclic amines) is 1. The van der Waals surface area contributed by atoms with Gasteiger partial charge in [0.2, 0.25) is 11.8 Å². The highest BCUT2D eigenvalue weighted by Gasteiger charge is 2.48. The van der Waals surface area contributed by atoms with Gasteiger partial charge < -0.3 is 4.74 Å². The third kappa shape index (κ3) is 2.85. The van der Waals surface area contributed by atoms with Gasteiger partial charge in [-0.25, -0.2) is 0 Å². The highest BCUT2D eigenvalue weighted by molar-refractivity contribution is 6.05. The van der Waals surface area contributed by atoms with E-state index >= 15 is 0 Å². The molecule has 2 amide bonds. The molecule has 1 fully saturated rings. The lowest BCUT2D eigenvalue weighted by atomic mass is 9.78. The molecular weight excluding hydrogens is 302 g/mol. The molecule has 2 unspecified atom stereocenters. The second-order valence-corrected chi connectivity index (χ2v) is 7.08. The number of allylic oxidation sites excluding steroid dienone is 2. The molecule has 1 aliphatic heterocycles. The highest BCUT2D eigenvalue weighted by Crippen LogP contribution is 2.40. The average molecular weight is 327 g/mol. The van der Waals surface area contributed by atoms with Gasteiger partial charge >= 0.3 is 0 Å². The molecule has 0 saturated carbocycles. The number of ether oxygens (including phenoxy) is 1. The van der Waals surface area contributed by atoms with Crippen LogP contribution < -0.4 is 4.74 Å². The molecule has 24 heavy (non-hydrogen) atoms. The number of carbonyl (C=O) groups is 2. The van der Waals surface area contributed by atoms with Gasteiger partial charge in [-0.15, -0.1) is 0 Å². The van der Waals surface area contributed by atoms with E-state index in [1.54, 1.807) is 0 Å². The Morgan fingerprint density at radius 3 is 1.96 bits per heavy atom. The molecule has 0 bridgehead atoms. The molecule has 2 atom stereocenters. The maximum atomic E-state index is 12.6. The lowest BCUT2D eigenvalue weighted by Crippen LogP contribution is -2.34. The highest BCUT2D eigenvalue weighted by atomic mass is 16.5. The number of hydrogen-bond acceptors (Lipinski definition) is 3. The van der Waals surface area contributed by atoms with Crippen molar-refractivity contribution in [3.63, 3.8) is 0 Å². The fourth-order valence-electron chi connectivity index (χ4n) is 3.81. The van der Waals surface area contributed by atoms with Crippen LogP contribution in [0, 0.1) is 25.7 Å². The molecule has 1 saturated heterocycles. The van der Waals surface area contributed by atoms with Crippen LogP contribution >= 0.6 is 0 Å². The third-order valence-corrected chi connectivity index (χ3v) is 5.40. The number of rotatable bonds is 4. The van der Waals surface area contributed by atoms with E-state index in [-0.39, 0.29) is 23.7 Å². The van der Waals surface area contributed by atoms with Crippen molar-refractivity contribution >= 4 is 11.8 Å². The van der Waals surface area contributed by atoms with Gasteiger partial charge in [0.05, 0.1) is 18.4 Å². The number of hydrogen-bond donors (Lipinski definition) is 0. The first kappa shape index (κ1) is 16.7. The van der Waals surface area contributed by atoms with Crippen LogP contribution in [0.1, 0.15) is 37.8 Å². The lowest BCUT2D eigenvalue weighted by Gasteiger charge is -2.23. The molecule has 0 radical (unpaired) electrons. The summed E-state index contributed by atoms with van der Waals surface area (Å²) in [6.45, 7) is 8.80. The Morgan fingerprint density at radius 2 is 1.46 bits per heavy atom. The number of aryl methyl sites for hydroxylation is 2. The van der Waals surface area contributed by atoms with Crippen molar-refractivity contribution in [3.8, 4) is 5.75 Å².